The maximum atomic E-state index is 12.0. The number of phosphoric ester groups is 1. The Morgan fingerprint density at radius 1 is 1.12 bits per heavy atom. The molecule has 3 fully saturated rings. The van der Waals surface area contributed by atoms with Crippen LogP contribution in [0, 0.1) is 34.5 Å². The Labute approximate surface area is 235 Å². The Hall–Kier alpha value is 0.990. The number of carbonyl (C=O) groups is 1. The fourth-order valence-electron chi connectivity index (χ4n) is 7.53. The summed E-state index contributed by atoms with van der Waals surface area (Å²) in [6, 6.07) is 0. The van der Waals surface area contributed by atoms with Gasteiger partial charge in [-0.05, 0) is 86.5 Å². The van der Waals surface area contributed by atoms with Gasteiger partial charge in [-0.25, -0.2) is 0 Å². The van der Waals surface area contributed by atoms with E-state index in [1.807, 2.05) is 13.0 Å². The molecule has 0 aromatic heterocycles. The minimum atomic E-state index is -5.05. The van der Waals surface area contributed by atoms with Gasteiger partial charge in [0.25, 0.3) is 0 Å². The molecule has 0 amide bonds. The predicted octanol–water partition coefficient (Wildman–Crippen LogP) is -2.66. The van der Waals surface area contributed by atoms with Gasteiger partial charge in [0.15, 0.2) is 5.78 Å². The summed E-state index contributed by atoms with van der Waals surface area (Å²) < 4.78 is 14.6. The SMILES string of the molecule is C/C(=N\OCOP(=O)([O-])[O-])[C@H]1CC[C@H]2[C@@H]3CCC4=CC(=O)CC[C@]4(C)[C@H]3CC[C@]12C.[Na+].[Na+]. The third kappa shape index (κ3) is 5.53. The molecule has 0 unspecified atom stereocenters. The van der Waals surface area contributed by atoms with Crippen LogP contribution < -0.4 is 68.9 Å². The van der Waals surface area contributed by atoms with E-state index in [4.69, 9.17) is 4.84 Å². The summed E-state index contributed by atoms with van der Waals surface area (Å²) >= 11 is 0. The van der Waals surface area contributed by atoms with Gasteiger partial charge >= 0.3 is 59.1 Å². The standard InChI is InChI=1S/C22H34NO6P.2Na/c1-14(23-28-13-29-30(25,26)27)18-6-7-19-17-5-4-15-12-16(24)8-10-21(15,2)20(17)9-11-22(18,19)3;;/h12,17-20H,4-11,13H2,1-3H3,(H2,25,26,27);;/q;2*+1/p-2/b23-14+;;/t17-,18+,19-,20-,21-,22+;;/m0../s1. The minimum Gasteiger partial charge on any atom is -0.790 e. The molecule has 0 radical (unpaired) electrons. The number of phosphoric acid groups is 1. The first-order chi connectivity index (χ1) is 14.0. The van der Waals surface area contributed by atoms with E-state index in [1.54, 1.807) is 0 Å². The summed E-state index contributed by atoms with van der Waals surface area (Å²) in [7, 11) is -5.05. The molecular weight excluding hydrogens is 451 g/mol. The first kappa shape index (κ1) is 29.2. The summed E-state index contributed by atoms with van der Waals surface area (Å²) in [5, 5.41) is 4.08. The van der Waals surface area contributed by atoms with Crippen LogP contribution >= 0.6 is 7.82 Å². The van der Waals surface area contributed by atoms with E-state index in [9.17, 15) is 19.1 Å². The summed E-state index contributed by atoms with van der Waals surface area (Å²) in [6.07, 6.45) is 10.3. The monoisotopic (exact) mass is 483 g/mol. The van der Waals surface area contributed by atoms with Crippen LogP contribution in [0.25, 0.3) is 0 Å². The molecule has 10 heteroatoms. The van der Waals surface area contributed by atoms with Crippen molar-refractivity contribution in [1.82, 2.24) is 0 Å². The molecule has 3 saturated carbocycles. The zero-order chi connectivity index (χ0) is 21.7. The van der Waals surface area contributed by atoms with Crippen LogP contribution in [0.1, 0.15) is 72.1 Å². The second-order valence-corrected chi connectivity index (χ2v) is 11.4. The maximum absolute atomic E-state index is 12.0. The molecule has 0 spiro atoms. The van der Waals surface area contributed by atoms with Crippen molar-refractivity contribution in [2.75, 3.05) is 6.79 Å². The van der Waals surface area contributed by atoms with Crippen LogP contribution in [0.2, 0.25) is 0 Å². The van der Waals surface area contributed by atoms with Crippen LogP contribution in [-0.2, 0) is 18.7 Å². The number of carbonyl (C=O) groups excluding carboxylic acids is 1. The molecule has 0 N–H and O–H groups in total. The molecule has 0 aromatic rings. The van der Waals surface area contributed by atoms with E-state index in [-0.39, 0.29) is 75.9 Å². The van der Waals surface area contributed by atoms with E-state index in [0.29, 0.717) is 30.0 Å². The summed E-state index contributed by atoms with van der Waals surface area (Å²) in [5.41, 5.74) is 2.55. The molecular formula is C22H32NNa2O6P. The molecule has 0 aliphatic heterocycles. The first-order valence-electron chi connectivity index (χ1n) is 11.1. The molecule has 32 heavy (non-hydrogen) atoms. The molecule has 7 nitrogen and oxygen atoms in total. The van der Waals surface area contributed by atoms with Gasteiger partial charge in [-0.2, -0.15) is 0 Å². The fourth-order valence-corrected chi connectivity index (χ4v) is 7.70. The molecule has 0 bridgehead atoms. The van der Waals surface area contributed by atoms with Crippen molar-refractivity contribution in [2.45, 2.75) is 72.1 Å². The Morgan fingerprint density at radius 3 is 2.53 bits per heavy atom. The van der Waals surface area contributed by atoms with E-state index >= 15 is 0 Å². The van der Waals surface area contributed by atoms with E-state index < -0.39 is 14.6 Å². The fraction of sp³-hybridized carbons (Fsp3) is 0.818. The quantitative estimate of drug-likeness (QED) is 0.105. The number of rotatable bonds is 5. The van der Waals surface area contributed by atoms with Gasteiger partial charge in [-0.15, -0.1) is 0 Å². The predicted molar refractivity (Wildman–Crippen MR) is 108 cm³/mol. The molecule has 4 aliphatic rings. The van der Waals surface area contributed by atoms with Crippen LogP contribution in [0.5, 0.6) is 0 Å². The van der Waals surface area contributed by atoms with Crippen LogP contribution in [-0.4, -0.2) is 18.3 Å². The third-order valence-electron chi connectivity index (χ3n) is 8.94. The van der Waals surface area contributed by atoms with Gasteiger partial charge in [-0.3, -0.25) is 4.79 Å². The average molecular weight is 483 g/mol. The number of allylic oxidation sites excluding steroid dienone is 1. The van der Waals surface area contributed by atoms with Crippen molar-refractivity contribution in [3.8, 4) is 0 Å². The van der Waals surface area contributed by atoms with E-state index in [1.165, 1.54) is 12.0 Å². The number of fused-ring (bicyclic) bond motifs is 5. The van der Waals surface area contributed by atoms with Crippen molar-refractivity contribution in [2.24, 2.45) is 39.7 Å². The van der Waals surface area contributed by atoms with Gasteiger partial charge in [-0.1, -0.05) is 24.6 Å². The summed E-state index contributed by atoms with van der Waals surface area (Å²) in [4.78, 5) is 38.0. The van der Waals surface area contributed by atoms with Gasteiger partial charge in [0.1, 0.15) is 0 Å². The molecule has 4 aliphatic carbocycles. The summed E-state index contributed by atoms with van der Waals surface area (Å²) in [6.45, 7) is 6.02. The Kier molecular flexibility index (Phi) is 9.99. The molecule has 0 heterocycles. The van der Waals surface area contributed by atoms with Gasteiger partial charge in [0.05, 0.1) is 13.5 Å². The number of ketones is 1. The molecule has 6 atom stereocenters. The van der Waals surface area contributed by atoms with Gasteiger partial charge < -0.3 is 23.7 Å². The van der Waals surface area contributed by atoms with Crippen molar-refractivity contribution in [1.29, 1.82) is 0 Å². The molecule has 4 rings (SSSR count). The third-order valence-corrected chi connectivity index (χ3v) is 9.36. The minimum absolute atomic E-state index is 0. The smallest absolute Gasteiger partial charge is 0.790 e. The van der Waals surface area contributed by atoms with Crippen molar-refractivity contribution >= 4 is 19.3 Å². The van der Waals surface area contributed by atoms with Crippen molar-refractivity contribution in [3.63, 3.8) is 0 Å². The van der Waals surface area contributed by atoms with Crippen LogP contribution in [0.4, 0.5) is 0 Å². The Bertz CT molecular complexity index is 829. The Morgan fingerprint density at radius 2 is 1.84 bits per heavy atom. The van der Waals surface area contributed by atoms with Crippen molar-refractivity contribution in [3.05, 3.63) is 11.6 Å². The molecule has 0 saturated heterocycles. The van der Waals surface area contributed by atoms with Crippen LogP contribution in [0.3, 0.4) is 0 Å². The Balaban J connectivity index is 0.00000181. The number of hydrogen-bond donors (Lipinski definition) is 0. The zero-order valence-corrected chi connectivity index (χ0v) is 25.0. The normalized spacial score (nSPS) is 39.0. The number of hydrogen-bond acceptors (Lipinski definition) is 7. The summed E-state index contributed by atoms with van der Waals surface area (Å²) in [5.74, 6) is 2.53. The number of nitrogens with zero attached hydrogens (tertiary/aromatic N) is 1. The van der Waals surface area contributed by atoms with E-state index in [2.05, 4.69) is 23.5 Å². The maximum Gasteiger partial charge on any atom is 1.00 e. The molecule has 168 valence electrons. The molecule has 0 aromatic carbocycles. The van der Waals surface area contributed by atoms with E-state index in [0.717, 1.165) is 44.2 Å². The van der Waals surface area contributed by atoms with Crippen LogP contribution in [0.15, 0.2) is 16.8 Å². The van der Waals surface area contributed by atoms with Gasteiger partial charge in [0, 0.05) is 12.3 Å². The van der Waals surface area contributed by atoms with Crippen molar-refractivity contribution < 1.29 is 87.6 Å². The number of oxime groups is 1. The van der Waals surface area contributed by atoms with Gasteiger partial charge in [0.2, 0.25) is 6.79 Å². The average Bonchev–Trinajstić information content (AvgIpc) is 3.02. The second-order valence-electron chi connectivity index (χ2n) is 10.2. The zero-order valence-electron chi connectivity index (χ0n) is 20.1. The largest absolute Gasteiger partial charge is 1.00 e. The first-order valence-corrected chi connectivity index (χ1v) is 12.6. The topological polar surface area (TPSA) is 111 Å². The second kappa shape index (κ2) is 10.9.